The van der Waals surface area contributed by atoms with E-state index in [9.17, 15) is 0 Å². The topological polar surface area (TPSA) is 27.7 Å². The number of rotatable bonds is 38. The van der Waals surface area contributed by atoms with Crippen molar-refractivity contribution in [3.8, 4) is 0 Å². The molecular formula is C43H90O3Si2. The van der Waals surface area contributed by atoms with Crippen LogP contribution in [-0.4, -0.2) is 43.3 Å². The van der Waals surface area contributed by atoms with E-state index >= 15 is 0 Å². The van der Waals surface area contributed by atoms with Crippen LogP contribution in [-0.2, 0) is 13.6 Å². The van der Waals surface area contributed by atoms with Crippen molar-refractivity contribution in [1.29, 1.82) is 0 Å². The fourth-order valence-corrected chi connectivity index (χ4v) is 10.9. The smallest absolute Gasteiger partial charge is 0.197 e. The summed E-state index contributed by atoms with van der Waals surface area (Å²) in [5.74, 6) is 0. The molecule has 1 aliphatic rings. The molecule has 0 aromatic carbocycles. The van der Waals surface area contributed by atoms with E-state index in [1.807, 2.05) is 0 Å². The van der Waals surface area contributed by atoms with Crippen molar-refractivity contribution in [3.05, 3.63) is 0 Å². The van der Waals surface area contributed by atoms with Crippen molar-refractivity contribution >= 4 is 18.8 Å². The van der Waals surface area contributed by atoms with Crippen molar-refractivity contribution in [2.75, 3.05) is 13.2 Å². The van der Waals surface area contributed by atoms with Crippen LogP contribution in [0.1, 0.15) is 239 Å². The first kappa shape index (κ1) is 46.3. The van der Waals surface area contributed by atoms with Crippen LogP contribution in [0.3, 0.4) is 0 Å². The van der Waals surface area contributed by atoms with Crippen LogP contribution in [0.4, 0.5) is 0 Å². The van der Waals surface area contributed by atoms with Crippen molar-refractivity contribution in [2.24, 2.45) is 0 Å². The molecule has 0 spiro atoms. The van der Waals surface area contributed by atoms with Gasteiger partial charge in [-0.1, -0.05) is 206 Å². The highest BCUT2D eigenvalue weighted by atomic mass is 28.3. The zero-order valence-electron chi connectivity index (χ0n) is 33.7. The quantitative estimate of drug-likeness (QED) is 0.0471. The summed E-state index contributed by atoms with van der Waals surface area (Å²) < 4.78 is 20.0. The Labute approximate surface area is 307 Å². The zero-order valence-corrected chi connectivity index (χ0v) is 36.3. The van der Waals surface area contributed by atoms with Gasteiger partial charge in [-0.15, -0.1) is 0 Å². The second-order valence-electron chi connectivity index (χ2n) is 16.1. The standard InChI is InChI=1S/C43H90O3Si2/c1-5-7-9-11-13-15-17-19-21-23-25-27-29-31-33-36-41-45-47-43(39-35-37-40-44-43)42(46-48(3)4)38-34-32-30-28-26-24-22-20-18-16-14-12-10-8-6-2/h42,48H,5-41,47H2,1-4H3. The lowest BCUT2D eigenvalue weighted by Crippen LogP contribution is -2.55. The fraction of sp³-hybridized carbons (Fsp3) is 1.00. The highest BCUT2D eigenvalue weighted by molar-refractivity contribution is 6.48. The Morgan fingerprint density at radius 1 is 0.521 bits per heavy atom. The Morgan fingerprint density at radius 3 is 1.25 bits per heavy atom. The molecule has 0 bridgehead atoms. The third kappa shape index (κ3) is 28.0. The Bertz CT molecular complexity index is 625. The van der Waals surface area contributed by atoms with E-state index in [4.69, 9.17) is 13.6 Å². The van der Waals surface area contributed by atoms with E-state index < -0.39 is 18.8 Å². The number of hydrogen-bond acceptors (Lipinski definition) is 3. The average molecular weight is 711 g/mol. The van der Waals surface area contributed by atoms with Crippen LogP contribution in [0.2, 0.25) is 13.1 Å². The molecule has 0 N–H and O–H groups in total. The van der Waals surface area contributed by atoms with E-state index in [2.05, 4.69) is 26.9 Å². The van der Waals surface area contributed by atoms with Crippen LogP contribution in [0.25, 0.3) is 0 Å². The predicted molar refractivity (Wildman–Crippen MR) is 220 cm³/mol. The maximum atomic E-state index is 6.77. The van der Waals surface area contributed by atoms with Crippen LogP contribution >= 0.6 is 0 Å². The highest BCUT2D eigenvalue weighted by Crippen LogP contribution is 2.33. The van der Waals surface area contributed by atoms with Gasteiger partial charge in [-0.2, -0.15) is 0 Å². The van der Waals surface area contributed by atoms with Gasteiger partial charge in [0.2, 0.25) is 0 Å². The summed E-state index contributed by atoms with van der Waals surface area (Å²) in [6.45, 7) is 11.2. The van der Waals surface area contributed by atoms with Crippen LogP contribution in [0.5, 0.6) is 0 Å². The summed E-state index contributed by atoms with van der Waals surface area (Å²) in [4.78, 5) is 0. The van der Waals surface area contributed by atoms with Crippen LogP contribution in [0, 0.1) is 0 Å². The first-order valence-electron chi connectivity index (χ1n) is 22.5. The molecule has 288 valence electrons. The SMILES string of the molecule is CCCCCCCCCCCCCCCCCCO[SiH2]C1(C(CCCCCCCCCCCCCCCCC)O[SiH](C)C)CCCCO1. The van der Waals surface area contributed by atoms with Gasteiger partial charge in [0, 0.05) is 13.2 Å². The minimum Gasteiger partial charge on any atom is -0.421 e. The largest absolute Gasteiger partial charge is 0.421 e. The van der Waals surface area contributed by atoms with Gasteiger partial charge in [-0.05, 0) is 45.2 Å². The molecule has 1 heterocycles. The fourth-order valence-electron chi connectivity index (χ4n) is 7.82. The summed E-state index contributed by atoms with van der Waals surface area (Å²) in [5, 5.41) is -0.0689. The zero-order chi connectivity index (χ0) is 34.6. The number of unbranched alkanes of at least 4 members (excludes halogenated alkanes) is 29. The molecule has 3 nitrogen and oxygen atoms in total. The second kappa shape index (κ2) is 35.7. The van der Waals surface area contributed by atoms with Gasteiger partial charge in [0.15, 0.2) is 18.8 Å². The second-order valence-corrected chi connectivity index (χ2v) is 20.4. The molecule has 0 amide bonds. The molecule has 1 rings (SSSR count). The lowest BCUT2D eigenvalue weighted by Gasteiger charge is -2.43. The van der Waals surface area contributed by atoms with Crippen molar-refractivity contribution in [2.45, 2.75) is 263 Å². The molecule has 1 fully saturated rings. The first-order chi connectivity index (χ1) is 23.6. The van der Waals surface area contributed by atoms with Gasteiger partial charge >= 0.3 is 0 Å². The molecule has 0 aromatic heterocycles. The van der Waals surface area contributed by atoms with Crippen LogP contribution < -0.4 is 0 Å². The lowest BCUT2D eigenvalue weighted by molar-refractivity contribution is -0.0970. The van der Waals surface area contributed by atoms with Gasteiger partial charge in [-0.25, -0.2) is 0 Å². The molecule has 0 radical (unpaired) electrons. The van der Waals surface area contributed by atoms with Gasteiger partial charge in [0.25, 0.3) is 0 Å². The molecule has 5 heteroatoms. The molecule has 0 aromatic rings. The third-order valence-corrected chi connectivity index (χ3v) is 13.8. The Hall–Kier alpha value is 0.314. The van der Waals surface area contributed by atoms with E-state index in [1.54, 1.807) is 0 Å². The van der Waals surface area contributed by atoms with Gasteiger partial charge in [0.1, 0.15) is 5.22 Å². The number of ether oxygens (including phenoxy) is 1. The normalized spacial score (nSPS) is 17.7. The third-order valence-electron chi connectivity index (χ3n) is 11.0. The molecular weight excluding hydrogens is 621 g/mol. The maximum absolute atomic E-state index is 6.77. The van der Waals surface area contributed by atoms with E-state index in [1.165, 1.54) is 225 Å². The molecule has 48 heavy (non-hydrogen) atoms. The monoisotopic (exact) mass is 711 g/mol. The Morgan fingerprint density at radius 2 is 0.896 bits per heavy atom. The number of hydrogen-bond donors (Lipinski definition) is 0. The van der Waals surface area contributed by atoms with Gasteiger partial charge < -0.3 is 13.6 Å². The molecule has 0 saturated carbocycles. The Balaban J connectivity index is 2.12. The molecule has 2 atom stereocenters. The summed E-state index contributed by atoms with van der Waals surface area (Å²) in [6.07, 6.45) is 49.2. The van der Waals surface area contributed by atoms with Gasteiger partial charge in [-0.3, -0.25) is 0 Å². The van der Waals surface area contributed by atoms with E-state index in [0.29, 0.717) is 0 Å². The molecule has 2 unspecified atom stereocenters. The van der Waals surface area contributed by atoms with Gasteiger partial charge in [0.05, 0.1) is 6.10 Å². The van der Waals surface area contributed by atoms with Crippen LogP contribution in [0.15, 0.2) is 0 Å². The van der Waals surface area contributed by atoms with Crippen molar-refractivity contribution in [1.82, 2.24) is 0 Å². The molecule has 1 aliphatic heterocycles. The molecule has 0 aliphatic carbocycles. The van der Waals surface area contributed by atoms with Crippen molar-refractivity contribution in [3.63, 3.8) is 0 Å². The summed E-state index contributed by atoms with van der Waals surface area (Å²) >= 11 is 0. The predicted octanol–water partition coefficient (Wildman–Crippen LogP) is 13.9. The lowest BCUT2D eigenvalue weighted by atomic mass is 9.98. The summed E-state index contributed by atoms with van der Waals surface area (Å²) in [7, 11) is -1.92. The van der Waals surface area contributed by atoms with E-state index in [0.717, 1.165) is 13.2 Å². The average Bonchev–Trinajstić information content (AvgIpc) is 3.09. The van der Waals surface area contributed by atoms with Crippen molar-refractivity contribution < 1.29 is 13.6 Å². The molecule has 1 saturated heterocycles. The Kier molecular flexibility index (Phi) is 34.5. The maximum Gasteiger partial charge on any atom is 0.197 e. The summed E-state index contributed by atoms with van der Waals surface area (Å²) in [6, 6.07) is 0. The first-order valence-corrected chi connectivity index (χ1v) is 26.6. The summed E-state index contributed by atoms with van der Waals surface area (Å²) in [5.41, 5.74) is 0. The highest BCUT2D eigenvalue weighted by Gasteiger charge is 2.43. The van der Waals surface area contributed by atoms with E-state index in [-0.39, 0.29) is 11.3 Å². The minimum atomic E-state index is -1.13. The minimum absolute atomic E-state index is 0.0689.